The number of rotatable bonds is 7. The van der Waals surface area contributed by atoms with Gasteiger partial charge in [0, 0.05) is 12.2 Å². The minimum atomic E-state index is 0.181. The topological polar surface area (TPSA) is 107 Å². The summed E-state index contributed by atoms with van der Waals surface area (Å²) in [6.07, 6.45) is 0. The summed E-state index contributed by atoms with van der Waals surface area (Å²) in [7, 11) is 0. The summed E-state index contributed by atoms with van der Waals surface area (Å²) in [5, 5.41) is 14.7. The first-order valence-corrected chi connectivity index (χ1v) is 10.5. The Morgan fingerprint density at radius 2 is 1.93 bits per heavy atom. The third kappa shape index (κ3) is 4.12. The molecule has 8 nitrogen and oxygen atoms in total. The van der Waals surface area contributed by atoms with E-state index < -0.39 is 0 Å². The highest BCUT2D eigenvalue weighted by atomic mass is 32.2. The quantitative estimate of drug-likeness (QED) is 0.443. The van der Waals surface area contributed by atoms with Gasteiger partial charge in [0.05, 0.1) is 10.6 Å². The zero-order valence-electron chi connectivity index (χ0n) is 15.1. The molecule has 0 atom stereocenters. The number of thioether (sulfide) groups is 1. The van der Waals surface area contributed by atoms with Gasteiger partial charge in [-0.05, 0) is 30.5 Å². The first-order valence-electron chi connectivity index (χ1n) is 8.65. The summed E-state index contributed by atoms with van der Waals surface area (Å²) >= 11 is 3.17. The van der Waals surface area contributed by atoms with Crippen molar-refractivity contribution < 1.29 is 0 Å². The van der Waals surface area contributed by atoms with E-state index in [4.69, 9.17) is 5.73 Å². The van der Waals surface area contributed by atoms with Gasteiger partial charge >= 0.3 is 0 Å². The van der Waals surface area contributed by atoms with Crippen molar-refractivity contribution in [2.45, 2.75) is 24.4 Å². The van der Waals surface area contributed by atoms with Crippen LogP contribution in [0.1, 0.15) is 12.7 Å². The van der Waals surface area contributed by atoms with Gasteiger partial charge < -0.3 is 15.6 Å². The molecule has 3 heterocycles. The van der Waals surface area contributed by atoms with E-state index in [2.05, 4.69) is 42.0 Å². The maximum absolute atomic E-state index is 5.86. The molecule has 142 valence electrons. The van der Waals surface area contributed by atoms with Gasteiger partial charge in [-0.15, -0.1) is 21.5 Å². The highest BCUT2D eigenvalue weighted by molar-refractivity contribution is 7.98. The van der Waals surface area contributed by atoms with Crippen LogP contribution in [0.2, 0.25) is 0 Å². The lowest BCUT2D eigenvalue weighted by Crippen LogP contribution is -2.07. The molecule has 0 fully saturated rings. The molecule has 0 radical (unpaired) electrons. The van der Waals surface area contributed by atoms with Gasteiger partial charge in [-0.25, -0.2) is 0 Å². The second-order valence-corrected chi connectivity index (χ2v) is 7.63. The second kappa shape index (κ2) is 8.36. The number of hydrogen-bond acceptors (Lipinski definition) is 9. The van der Waals surface area contributed by atoms with Crippen molar-refractivity contribution in [3.63, 3.8) is 0 Å². The first-order chi connectivity index (χ1) is 13.7. The van der Waals surface area contributed by atoms with Crippen LogP contribution in [0.25, 0.3) is 10.7 Å². The minimum absolute atomic E-state index is 0.181. The van der Waals surface area contributed by atoms with Gasteiger partial charge in [0.2, 0.25) is 11.9 Å². The van der Waals surface area contributed by atoms with Crippen LogP contribution in [-0.2, 0) is 12.3 Å². The van der Waals surface area contributed by atoms with Gasteiger partial charge in [-0.2, -0.15) is 15.0 Å². The summed E-state index contributed by atoms with van der Waals surface area (Å²) in [6.45, 7) is 2.86. The van der Waals surface area contributed by atoms with Crippen molar-refractivity contribution in [2.24, 2.45) is 0 Å². The lowest BCUT2D eigenvalue weighted by atomic mass is 10.3. The number of benzene rings is 1. The minimum Gasteiger partial charge on any atom is -0.368 e. The molecule has 4 aromatic rings. The molecule has 0 bridgehead atoms. The molecule has 4 rings (SSSR count). The van der Waals surface area contributed by atoms with E-state index in [1.807, 2.05) is 47.8 Å². The molecule has 3 aromatic heterocycles. The van der Waals surface area contributed by atoms with Crippen LogP contribution in [0.3, 0.4) is 0 Å². The fraction of sp³-hybridized carbons (Fsp3) is 0.167. The Hall–Kier alpha value is -2.98. The van der Waals surface area contributed by atoms with Crippen molar-refractivity contribution in [3.05, 3.63) is 53.7 Å². The van der Waals surface area contributed by atoms with E-state index in [-0.39, 0.29) is 5.95 Å². The number of nitrogens with two attached hydrogens (primary N) is 1. The number of nitrogens with one attached hydrogen (secondary N) is 1. The highest BCUT2D eigenvalue weighted by Crippen LogP contribution is 2.28. The number of nitrogen functional groups attached to an aromatic ring is 1. The largest absolute Gasteiger partial charge is 0.368 e. The number of hydrogen-bond donors (Lipinski definition) is 2. The Morgan fingerprint density at radius 1 is 1.07 bits per heavy atom. The summed E-state index contributed by atoms with van der Waals surface area (Å²) in [5.74, 6) is 2.57. The molecule has 0 amide bonds. The van der Waals surface area contributed by atoms with Crippen LogP contribution in [0.4, 0.5) is 17.6 Å². The van der Waals surface area contributed by atoms with E-state index >= 15 is 0 Å². The van der Waals surface area contributed by atoms with Crippen LogP contribution >= 0.6 is 23.1 Å². The molecule has 0 saturated carbocycles. The van der Waals surface area contributed by atoms with E-state index in [0.29, 0.717) is 17.5 Å². The number of para-hydroxylation sites is 1. The van der Waals surface area contributed by atoms with Crippen molar-refractivity contribution in [3.8, 4) is 10.7 Å². The van der Waals surface area contributed by atoms with Crippen LogP contribution in [-0.4, -0.2) is 29.7 Å². The monoisotopic (exact) mass is 410 g/mol. The van der Waals surface area contributed by atoms with Crippen LogP contribution < -0.4 is 11.1 Å². The van der Waals surface area contributed by atoms with Gasteiger partial charge in [-0.1, -0.05) is 36.0 Å². The zero-order chi connectivity index (χ0) is 19.3. The molecular formula is C18H18N8S2. The molecule has 3 N–H and O–H groups in total. The van der Waals surface area contributed by atoms with Crippen molar-refractivity contribution >= 4 is 40.7 Å². The van der Waals surface area contributed by atoms with Crippen molar-refractivity contribution in [1.82, 2.24) is 29.7 Å². The predicted molar refractivity (Wildman–Crippen MR) is 113 cm³/mol. The van der Waals surface area contributed by atoms with Gasteiger partial charge in [0.1, 0.15) is 5.82 Å². The van der Waals surface area contributed by atoms with Crippen molar-refractivity contribution in [2.75, 3.05) is 11.1 Å². The fourth-order valence-electron chi connectivity index (χ4n) is 2.61. The van der Waals surface area contributed by atoms with Gasteiger partial charge in [-0.3, -0.25) is 0 Å². The molecular weight excluding hydrogens is 392 g/mol. The lowest BCUT2D eigenvalue weighted by Gasteiger charge is -2.08. The third-order valence-corrected chi connectivity index (χ3v) is 5.66. The molecule has 0 spiro atoms. The summed E-state index contributed by atoms with van der Waals surface area (Å²) in [4.78, 5) is 14.0. The zero-order valence-corrected chi connectivity index (χ0v) is 16.7. The molecule has 0 aliphatic rings. The standard InChI is InChI=1S/C18H18N8S2/c1-2-26-15(13-9-6-10-27-13)24-25-18(26)28-11-14-21-16(19)23-17(22-14)20-12-7-4-3-5-8-12/h3-10H,2,11H2,1H3,(H3,19,20,21,22,23). The fourth-order valence-corrected chi connectivity index (χ4v) is 4.18. The smallest absolute Gasteiger partial charge is 0.232 e. The number of aromatic nitrogens is 6. The number of anilines is 3. The first kappa shape index (κ1) is 18.4. The van der Waals surface area contributed by atoms with Crippen LogP contribution in [0.5, 0.6) is 0 Å². The van der Waals surface area contributed by atoms with E-state index in [1.54, 1.807) is 11.3 Å². The molecule has 28 heavy (non-hydrogen) atoms. The Bertz CT molecular complexity index is 1050. The maximum Gasteiger partial charge on any atom is 0.232 e. The summed E-state index contributed by atoms with van der Waals surface area (Å²) in [6, 6.07) is 13.7. The van der Waals surface area contributed by atoms with E-state index in [9.17, 15) is 0 Å². The average Bonchev–Trinajstić information content (AvgIpc) is 3.36. The molecule has 1 aromatic carbocycles. The highest BCUT2D eigenvalue weighted by Gasteiger charge is 2.15. The van der Waals surface area contributed by atoms with Crippen molar-refractivity contribution in [1.29, 1.82) is 0 Å². The summed E-state index contributed by atoms with van der Waals surface area (Å²) < 4.78 is 2.09. The maximum atomic E-state index is 5.86. The summed E-state index contributed by atoms with van der Waals surface area (Å²) in [5.41, 5.74) is 6.75. The lowest BCUT2D eigenvalue weighted by molar-refractivity contribution is 0.687. The number of nitrogens with zero attached hydrogens (tertiary/aromatic N) is 6. The molecule has 0 saturated heterocycles. The molecule has 0 aliphatic heterocycles. The Labute approximate surface area is 170 Å². The Morgan fingerprint density at radius 3 is 2.68 bits per heavy atom. The Kier molecular flexibility index (Phi) is 5.49. The average molecular weight is 411 g/mol. The SMILES string of the molecule is CCn1c(SCc2nc(N)nc(Nc3ccccc3)n2)nnc1-c1cccs1. The van der Waals surface area contributed by atoms with E-state index in [1.165, 1.54) is 11.8 Å². The third-order valence-electron chi connectivity index (χ3n) is 3.83. The Balaban J connectivity index is 1.51. The van der Waals surface area contributed by atoms with Crippen LogP contribution in [0.15, 0.2) is 53.0 Å². The van der Waals surface area contributed by atoms with E-state index in [0.717, 1.165) is 28.1 Å². The predicted octanol–water partition coefficient (Wildman–Crippen LogP) is 3.83. The van der Waals surface area contributed by atoms with Crippen LogP contribution in [0, 0.1) is 0 Å². The number of thiophene rings is 1. The van der Waals surface area contributed by atoms with Gasteiger partial charge in [0.15, 0.2) is 11.0 Å². The second-order valence-electron chi connectivity index (χ2n) is 5.74. The molecule has 0 aliphatic carbocycles. The van der Waals surface area contributed by atoms with Gasteiger partial charge in [0.25, 0.3) is 0 Å². The normalized spacial score (nSPS) is 10.9. The molecule has 0 unspecified atom stereocenters. The molecule has 10 heteroatoms.